The van der Waals surface area contributed by atoms with Crippen LogP contribution in [0, 0.1) is 5.92 Å². The van der Waals surface area contributed by atoms with E-state index in [1.54, 1.807) is 0 Å². The van der Waals surface area contributed by atoms with Crippen LogP contribution in [0.15, 0.2) is 22.7 Å². The van der Waals surface area contributed by atoms with Gasteiger partial charge in [-0.3, -0.25) is 0 Å². The molecule has 1 aromatic carbocycles. The molecule has 0 radical (unpaired) electrons. The number of benzene rings is 1. The Morgan fingerprint density at radius 3 is 2.86 bits per heavy atom. The highest BCUT2D eigenvalue weighted by Gasteiger charge is 2.17. The zero-order valence-electron chi connectivity index (χ0n) is 8.47. The molecule has 76 valence electrons. The van der Waals surface area contributed by atoms with Gasteiger partial charge in [0.05, 0.1) is 11.4 Å². The van der Waals surface area contributed by atoms with E-state index in [0.29, 0.717) is 12.0 Å². The Hall–Kier alpha value is -0.700. The predicted molar refractivity (Wildman–Crippen MR) is 64.9 cm³/mol. The maximum absolute atomic E-state index is 3.52. The van der Waals surface area contributed by atoms with E-state index in [-0.39, 0.29) is 0 Å². The Balaban J connectivity index is 2.33. The summed E-state index contributed by atoms with van der Waals surface area (Å²) >= 11 is 3.48. The Morgan fingerprint density at radius 2 is 2.07 bits per heavy atom. The van der Waals surface area contributed by atoms with Crippen molar-refractivity contribution >= 4 is 27.3 Å². The van der Waals surface area contributed by atoms with Crippen LogP contribution >= 0.6 is 15.9 Å². The highest BCUT2D eigenvalue weighted by Crippen LogP contribution is 2.29. The van der Waals surface area contributed by atoms with Gasteiger partial charge in [0.2, 0.25) is 0 Å². The molecule has 2 atom stereocenters. The molecule has 0 aliphatic carbocycles. The molecule has 1 heterocycles. The lowest BCUT2D eigenvalue weighted by atomic mass is 10.0. The van der Waals surface area contributed by atoms with Gasteiger partial charge in [0.15, 0.2) is 0 Å². The van der Waals surface area contributed by atoms with Crippen molar-refractivity contribution in [2.24, 2.45) is 5.92 Å². The van der Waals surface area contributed by atoms with Gasteiger partial charge in [-0.15, -0.1) is 0 Å². The Labute approximate surface area is 93.2 Å². The first-order valence-electron chi connectivity index (χ1n) is 4.97. The van der Waals surface area contributed by atoms with Gasteiger partial charge >= 0.3 is 0 Å². The lowest BCUT2D eigenvalue weighted by Gasteiger charge is -2.17. The molecule has 2 unspecified atom stereocenters. The molecule has 0 bridgehead atoms. The summed E-state index contributed by atoms with van der Waals surface area (Å²) in [5.41, 5.74) is 2.39. The molecular formula is C11H15BrN2. The molecule has 1 aliphatic heterocycles. The highest BCUT2D eigenvalue weighted by atomic mass is 79.9. The van der Waals surface area contributed by atoms with E-state index in [4.69, 9.17) is 0 Å². The molecule has 0 amide bonds. The standard InChI is InChI=1S/C11H15BrN2/c1-7-6-13-10-4-3-9(12)5-11(10)14-8(7)2/h3-5,7-8,13-14H,6H2,1-2H3. The molecule has 0 aromatic heterocycles. The number of nitrogens with one attached hydrogen (secondary N) is 2. The van der Waals surface area contributed by atoms with E-state index in [1.165, 1.54) is 11.4 Å². The summed E-state index contributed by atoms with van der Waals surface area (Å²) in [6.07, 6.45) is 0. The van der Waals surface area contributed by atoms with E-state index in [1.807, 2.05) is 0 Å². The molecule has 2 nitrogen and oxygen atoms in total. The van der Waals surface area contributed by atoms with Crippen LogP contribution in [0.1, 0.15) is 13.8 Å². The Kier molecular flexibility index (Phi) is 2.68. The summed E-state index contributed by atoms with van der Waals surface area (Å²) < 4.78 is 1.12. The first-order valence-corrected chi connectivity index (χ1v) is 5.76. The molecule has 0 saturated heterocycles. The highest BCUT2D eigenvalue weighted by molar-refractivity contribution is 9.10. The topological polar surface area (TPSA) is 24.1 Å². The monoisotopic (exact) mass is 254 g/mol. The molecule has 0 spiro atoms. The van der Waals surface area contributed by atoms with Gasteiger partial charge in [-0.2, -0.15) is 0 Å². The third-order valence-corrected chi connectivity index (χ3v) is 3.33. The van der Waals surface area contributed by atoms with Gasteiger partial charge in [0, 0.05) is 17.1 Å². The third kappa shape index (κ3) is 1.87. The second-order valence-corrected chi connectivity index (χ2v) is 4.90. The van der Waals surface area contributed by atoms with Gasteiger partial charge < -0.3 is 10.6 Å². The second-order valence-electron chi connectivity index (χ2n) is 3.98. The molecule has 3 heteroatoms. The fourth-order valence-corrected chi connectivity index (χ4v) is 1.99. The second kappa shape index (κ2) is 3.81. The van der Waals surface area contributed by atoms with Crippen molar-refractivity contribution in [3.05, 3.63) is 22.7 Å². The molecule has 2 N–H and O–H groups in total. The molecular weight excluding hydrogens is 240 g/mol. The number of anilines is 2. The minimum Gasteiger partial charge on any atom is -0.383 e. The number of fused-ring (bicyclic) bond motifs is 1. The van der Waals surface area contributed by atoms with Crippen molar-refractivity contribution in [2.45, 2.75) is 19.9 Å². The summed E-state index contributed by atoms with van der Waals surface area (Å²) in [6.45, 7) is 5.51. The molecule has 1 aromatic rings. The van der Waals surface area contributed by atoms with Crippen LogP contribution in [0.2, 0.25) is 0 Å². The van der Waals surface area contributed by atoms with Crippen LogP contribution in [0.4, 0.5) is 11.4 Å². The van der Waals surface area contributed by atoms with Crippen LogP contribution in [0.25, 0.3) is 0 Å². The Bertz CT molecular complexity index is 338. The zero-order valence-corrected chi connectivity index (χ0v) is 10.1. The third-order valence-electron chi connectivity index (χ3n) is 2.83. The average molecular weight is 255 g/mol. The maximum atomic E-state index is 3.52. The predicted octanol–water partition coefficient (Wildman–Crippen LogP) is 3.31. The van der Waals surface area contributed by atoms with Crippen LogP contribution in [0.5, 0.6) is 0 Å². The van der Waals surface area contributed by atoms with Crippen molar-refractivity contribution in [1.82, 2.24) is 0 Å². The Morgan fingerprint density at radius 1 is 1.29 bits per heavy atom. The first kappa shape index (κ1) is 9.84. The molecule has 2 rings (SSSR count). The number of hydrogen-bond donors (Lipinski definition) is 2. The summed E-state index contributed by atoms with van der Waals surface area (Å²) in [7, 11) is 0. The van der Waals surface area contributed by atoms with Crippen molar-refractivity contribution in [2.75, 3.05) is 17.2 Å². The van der Waals surface area contributed by atoms with Crippen molar-refractivity contribution in [1.29, 1.82) is 0 Å². The number of hydrogen-bond acceptors (Lipinski definition) is 2. The minimum absolute atomic E-state index is 0.512. The van der Waals surface area contributed by atoms with Crippen molar-refractivity contribution in [3.63, 3.8) is 0 Å². The van der Waals surface area contributed by atoms with Gasteiger partial charge in [-0.1, -0.05) is 22.9 Å². The zero-order chi connectivity index (χ0) is 10.1. The van der Waals surface area contributed by atoms with Crippen LogP contribution in [-0.4, -0.2) is 12.6 Å². The van der Waals surface area contributed by atoms with Crippen LogP contribution in [0.3, 0.4) is 0 Å². The summed E-state index contributed by atoms with van der Waals surface area (Å²) in [4.78, 5) is 0. The van der Waals surface area contributed by atoms with E-state index in [2.05, 4.69) is 58.6 Å². The van der Waals surface area contributed by atoms with Crippen molar-refractivity contribution < 1.29 is 0 Å². The van der Waals surface area contributed by atoms with E-state index >= 15 is 0 Å². The summed E-state index contributed by atoms with van der Waals surface area (Å²) in [5.74, 6) is 0.640. The molecule has 1 aliphatic rings. The minimum atomic E-state index is 0.512. The van der Waals surface area contributed by atoms with Gasteiger partial charge in [0.1, 0.15) is 0 Å². The maximum Gasteiger partial charge on any atom is 0.0589 e. The largest absolute Gasteiger partial charge is 0.383 e. The normalized spacial score (nSPS) is 25.6. The smallest absolute Gasteiger partial charge is 0.0589 e. The van der Waals surface area contributed by atoms with E-state index in [9.17, 15) is 0 Å². The van der Waals surface area contributed by atoms with Crippen LogP contribution < -0.4 is 10.6 Å². The van der Waals surface area contributed by atoms with Crippen LogP contribution in [-0.2, 0) is 0 Å². The summed E-state index contributed by atoms with van der Waals surface area (Å²) in [6, 6.07) is 6.81. The summed E-state index contributed by atoms with van der Waals surface area (Å²) in [5, 5.41) is 6.97. The lowest BCUT2D eigenvalue weighted by molar-refractivity contribution is 0.542. The van der Waals surface area contributed by atoms with Crippen molar-refractivity contribution in [3.8, 4) is 0 Å². The van der Waals surface area contributed by atoms with E-state index < -0.39 is 0 Å². The molecule has 14 heavy (non-hydrogen) atoms. The van der Waals surface area contributed by atoms with E-state index in [0.717, 1.165) is 11.0 Å². The SMILES string of the molecule is CC1CNc2ccc(Br)cc2NC1C. The fraction of sp³-hybridized carbons (Fsp3) is 0.455. The number of rotatable bonds is 0. The van der Waals surface area contributed by atoms with Gasteiger partial charge in [-0.25, -0.2) is 0 Å². The first-order chi connectivity index (χ1) is 6.66. The molecule has 0 saturated carbocycles. The average Bonchev–Trinajstić information content (AvgIpc) is 2.27. The lowest BCUT2D eigenvalue weighted by Crippen LogP contribution is -2.25. The van der Waals surface area contributed by atoms with Gasteiger partial charge in [0.25, 0.3) is 0 Å². The van der Waals surface area contributed by atoms with Gasteiger partial charge in [-0.05, 0) is 31.0 Å². The number of halogens is 1. The quantitative estimate of drug-likeness (QED) is 0.743. The fourth-order valence-electron chi connectivity index (χ4n) is 1.63. The molecule has 0 fully saturated rings.